The number of piperidine rings is 2. The lowest BCUT2D eigenvalue weighted by Gasteiger charge is -2.67. The highest BCUT2D eigenvalue weighted by atomic mass is 16.3. The van der Waals surface area contributed by atoms with Crippen molar-refractivity contribution in [1.29, 1.82) is 0 Å². The van der Waals surface area contributed by atoms with Gasteiger partial charge in [-0.3, -0.25) is 14.4 Å². The molecule has 12 nitrogen and oxygen atoms in total. The molecular formula is C45H54N8O4. The largest absolute Gasteiger partial charge is 0.390 e. The van der Waals surface area contributed by atoms with Crippen LogP contribution in [-0.2, 0) is 15.0 Å². The molecule has 3 aliphatic heterocycles. The molecule has 5 heterocycles. The molecule has 0 unspecified atom stereocenters. The zero-order valence-corrected chi connectivity index (χ0v) is 33.6. The molecular weight excluding hydrogens is 717 g/mol. The Labute approximate surface area is 334 Å². The first-order valence-electron chi connectivity index (χ1n) is 21.1. The van der Waals surface area contributed by atoms with Gasteiger partial charge in [-0.1, -0.05) is 24.6 Å². The van der Waals surface area contributed by atoms with Crippen LogP contribution in [0, 0.1) is 12.3 Å². The lowest BCUT2D eigenvalue weighted by atomic mass is 9.40. The Morgan fingerprint density at radius 1 is 0.930 bits per heavy atom. The molecule has 3 amide bonds. The van der Waals surface area contributed by atoms with Gasteiger partial charge in [0, 0.05) is 60.8 Å². The highest BCUT2D eigenvalue weighted by Crippen LogP contribution is 2.68. The van der Waals surface area contributed by atoms with E-state index >= 15 is 4.79 Å². The van der Waals surface area contributed by atoms with Crippen LogP contribution in [0.25, 0.3) is 22.3 Å². The number of pyridine rings is 1. The van der Waals surface area contributed by atoms with E-state index in [1.807, 2.05) is 42.4 Å². The zero-order chi connectivity index (χ0) is 39.4. The topological polar surface area (TPSA) is 136 Å². The van der Waals surface area contributed by atoms with Crippen LogP contribution in [0.1, 0.15) is 106 Å². The molecule has 3 N–H and O–H groups in total. The Morgan fingerprint density at radius 2 is 1.67 bits per heavy atom. The number of aliphatic hydroxyl groups is 1. The molecule has 2 aromatic heterocycles. The van der Waals surface area contributed by atoms with E-state index in [1.54, 1.807) is 7.05 Å². The van der Waals surface area contributed by atoms with Gasteiger partial charge in [-0.05, 0) is 127 Å². The summed E-state index contributed by atoms with van der Waals surface area (Å²) in [5.74, 6) is 0.833. The van der Waals surface area contributed by atoms with E-state index in [9.17, 15) is 14.7 Å². The molecule has 4 saturated carbocycles. The minimum Gasteiger partial charge on any atom is -0.390 e. The number of aromatic nitrogens is 3. The van der Waals surface area contributed by atoms with E-state index in [2.05, 4.69) is 57.0 Å². The molecule has 6 fully saturated rings. The maximum absolute atomic E-state index is 15.0. The second kappa shape index (κ2) is 13.1. The summed E-state index contributed by atoms with van der Waals surface area (Å²) in [6, 6.07) is 15.0. The van der Waals surface area contributed by atoms with Crippen LogP contribution >= 0.6 is 0 Å². The number of aryl methyl sites for hydroxylation is 1. The lowest BCUT2D eigenvalue weighted by Crippen LogP contribution is -2.72. The minimum atomic E-state index is -0.674. The van der Waals surface area contributed by atoms with Crippen molar-refractivity contribution < 1.29 is 19.5 Å². The third-order valence-corrected chi connectivity index (χ3v) is 14.5. The number of anilines is 3. The summed E-state index contributed by atoms with van der Waals surface area (Å²) < 4.78 is 2.11. The molecule has 4 aliphatic carbocycles. The Bertz CT molecular complexity index is 2290. The smallest absolute Gasteiger partial charge is 0.251 e. The van der Waals surface area contributed by atoms with Crippen LogP contribution in [0.5, 0.6) is 0 Å². The maximum atomic E-state index is 15.0. The van der Waals surface area contributed by atoms with Gasteiger partial charge in [0.25, 0.3) is 5.91 Å². The number of nitrogens with zero attached hydrogens (tertiary/aromatic N) is 6. The standard InChI is InChI=1S/C45H54N8O4/c1-27(2)52-26-47-36-22-35(49-39(38(36)52)48-30-10-8-28(3)33(19-30)40(54)46-4)29-9-11-34-37(18-29)53(32-20-31(21-32)50-14-6-5-7-15-50)42(56)45(34)12-16-51(17-13-45)41(55)43-23-44(57,24-43)25-43/h8-11,18-19,22,26-27,31-32,57H,5-7,12-17,20-21,23-25H2,1-4H3,(H,46,54)(H,48,49)/t31-,32+,43?,44?. The molecule has 12 heteroatoms. The summed E-state index contributed by atoms with van der Waals surface area (Å²) >= 11 is 0. The van der Waals surface area contributed by atoms with Gasteiger partial charge >= 0.3 is 0 Å². The first-order chi connectivity index (χ1) is 27.4. The zero-order valence-electron chi connectivity index (χ0n) is 33.6. The number of carbonyl (C=O) groups excluding carboxylic acids is 3. The lowest BCUT2D eigenvalue weighted by molar-refractivity contribution is -0.256. The molecule has 298 valence electrons. The Kier molecular flexibility index (Phi) is 8.40. The molecule has 1 spiro atoms. The van der Waals surface area contributed by atoms with Gasteiger partial charge in [0.05, 0.1) is 34.0 Å². The Morgan fingerprint density at radius 3 is 2.35 bits per heavy atom. The van der Waals surface area contributed by atoms with Gasteiger partial charge in [-0.25, -0.2) is 9.97 Å². The van der Waals surface area contributed by atoms with Crippen molar-refractivity contribution in [2.24, 2.45) is 5.41 Å². The fourth-order valence-corrected chi connectivity index (χ4v) is 11.2. The van der Waals surface area contributed by atoms with E-state index in [0.717, 1.165) is 70.7 Å². The number of imidazole rings is 1. The summed E-state index contributed by atoms with van der Waals surface area (Å²) in [4.78, 5) is 58.2. The van der Waals surface area contributed by atoms with E-state index in [0.29, 0.717) is 62.6 Å². The van der Waals surface area contributed by atoms with Crippen LogP contribution in [0.4, 0.5) is 17.2 Å². The molecule has 4 aromatic rings. The Balaban J connectivity index is 1.01. The van der Waals surface area contributed by atoms with E-state index in [1.165, 1.54) is 19.3 Å². The van der Waals surface area contributed by atoms with Gasteiger partial charge in [-0.15, -0.1) is 0 Å². The van der Waals surface area contributed by atoms with Gasteiger partial charge in [-0.2, -0.15) is 0 Å². The number of hydrogen-bond donors (Lipinski definition) is 3. The first kappa shape index (κ1) is 36.5. The number of amides is 3. The van der Waals surface area contributed by atoms with E-state index in [4.69, 9.17) is 9.97 Å². The van der Waals surface area contributed by atoms with Crippen molar-refractivity contribution in [3.05, 3.63) is 65.5 Å². The Hall–Kier alpha value is -4.81. The predicted octanol–water partition coefficient (Wildman–Crippen LogP) is 6.23. The average Bonchev–Trinajstić information content (AvgIpc) is 3.71. The van der Waals surface area contributed by atoms with Crippen molar-refractivity contribution in [3.63, 3.8) is 0 Å². The molecule has 0 atom stereocenters. The van der Waals surface area contributed by atoms with Gasteiger partial charge in [0.1, 0.15) is 5.52 Å². The molecule has 57 heavy (non-hydrogen) atoms. The van der Waals surface area contributed by atoms with Crippen molar-refractivity contribution >= 4 is 45.9 Å². The molecule has 7 aliphatic rings. The first-order valence-corrected chi connectivity index (χ1v) is 21.1. The molecule has 11 rings (SSSR count). The van der Waals surface area contributed by atoms with Crippen LogP contribution < -0.4 is 15.5 Å². The number of rotatable bonds is 8. The monoisotopic (exact) mass is 770 g/mol. The van der Waals surface area contributed by atoms with E-state index < -0.39 is 11.0 Å². The van der Waals surface area contributed by atoms with Crippen LogP contribution in [0.15, 0.2) is 48.8 Å². The SMILES string of the molecule is CNC(=O)c1cc(Nc2nc(-c3ccc4c(c3)N([C@H]3C[C@@H](N5CCCCC5)C3)C(=O)C43CCN(C(=O)C45CC(O)(C4)C5)CC3)cc3ncn(C(C)C)c23)ccc1C. The van der Waals surface area contributed by atoms with Gasteiger partial charge < -0.3 is 35.0 Å². The van der Waals surface area contributed by atoms with Crippen LogP contribution in [-0.4, -0.2) is 98.1 Å². The third kappa shape index (κ3) is 5.64. The molecule has 2 aromatic carbocycles. The average molecular weight is 771 g/mol. The highest BCUT2D eigenvalue weighted by molar-refractivity contribution is 6.09. The third-order valence-electron chi connectivity index (χ3n) is 14.5. The number of nitrogens with one attached hydrogen (secondary N) is 2. The van der Waals surface area contributed by atoms with Crippen molar-refractivity contribution in [2.45, 2.75) is 114 Å². The fraction of sp³-hybridized carbons (Fsp3) is 0.533. The highest BCUT2D eigenvalue weighted by Gasteiger charge is 2.72. The summed E-state index contributed by atoms with van der Waals surface area (Å²) in [6.45, 7) is 9.55. The summed E-state index contributed by atoms with van der Waals surface area (Å²) in [5.41, 5.74) is 5.91. The quantitative estimate of drug-likeness (QED) is 0.192. The second-order valence-corrected chi connectivity index (χ2v) is 18.4. The fourth-order valence-electron chi connectivity index (χ4n) is 11.2. The summed E-state index contributed by atoms with van der Waals surface area (Å²) in [6.07, 6.45) is 10.5. The second-order valence-electron chi connectivity index (χ2n) is 18.4. The summed E-state index contributed by atoms with van der Waals surface area (Å²) in [7, 11) is 1.64. The van der Waals surface area contributed by atoms with E-state index in [-0.39, 0.29) is 35.2 Å². The maximum Gasteiger partial charge on any atom is 0.251 e. The molecule has 0 radical (unpaired) electrons. The van der Waals surface area contributed by atoms with Crippen LogP contribution in [0.3, 0.4) is 0 Å². The number of likely N-dealkylation sites (tertiary alicyclic amines) is 2. The molecule has 2 bridgehead atoms. The minimum absolute atomic E-state index is 0.129. The van der Waals surface area contributed by atoms with Gasteiger partial charge in [0.15, 0.2) is 5.82 Å². The number of hydrogen-bond acceptors (Lipinski definition) is 8. The number of fused-ring (bicyclic) bond motifs is 3. The van der Waals surface area contributed by atoms with Crippen molar-refractivity contribution in [1.82, 2.24) is 29.7 Å². The molecule has 2 saturated heterocycles. The predicted molar refractivity (Wildman–Crippen MR) is 220 cm³/mol. The number of benzene rings is 2. The van der Waals surface area contributed by atoms with Crippen molar-refractivity contribution in [3.8, 4) is 11.3 Å². The van der Waals surface area contributed by atoms with Gasteiger partial charge in [0.2, 0.25) is 11.8 Å². The van der Waals surface area contributed by atoms with Crippen molar-refractivity contribution in [2.75, 3.05) is 43.4 Å². The van der Waals surface area contributed by atoms with Crippen LogP contribution in [0.2, 0.25) is 0 Å². The summed E-state index contributed by atoms with van der Waals surface area (Å²) in [5, 5.41) is 16.7. The normalized spacial score (nSPS) is 27.6. The number of carbonyl (C=O) groups is 3.